The average molecular weight is 231 g/mol. The largest absolute Gasteiger partial charge is 0.454 e. The zero-order valence-corrected chi connectivity index (χ0v) is 9.73. The van der Waals surface area contributed by atoms with Gasteiger partial charge in [0.15, 0.2) is 11.5 Å². The van der Waals surface area contributed by atoms with Crippen LogP contribution in [0.5, 0.6) is 11.5 Å². The van der Waals surface area contributed by atoms with Crippen LogP contribution in [0.15, 0.2) is 18.2 Å². The lowest BCUT2D eigenvalue weighted by atomic mass is 10.1. The van der Waals surface area contributed by atoms with Crippen molar-refractivity contribution in [2.24, 2.45) is 7.05 Å². The van der Waals surface area contributed by atoms with Crippen molar-refractivity contribution in [3.05, 3.63) is 23.9 Å². The number of benzene rings is 1. The molecule has 0 saturated carbocycles. The van der Waals surface area contributed by atoms with Crippen LogP contribution in [0.4, 0.5) is 5.95 Å². The average Bonchev–Trinajstić information content (AvgIpc) is 2.89. The van der Waals surface area contributed by atoms with Gasteiger partial charge in [-0.25, -0.2) is 4.98 Å². The maximum atomic E-state index is 5.79. The van der Waals surface area contributed by atoms with Crippen LogP contribution in [0.25, 0.3) is 11.3 Å². The molecule has 88 valence electrons. The van der Waals surface area contributed by atoms with E-state index in [4.69, 9.17) is 15.2 Å². The van der Waals surface area contributed by atoms with Crippen molar-refractivity contribution in [2.45, 2.75) is 6.92 Å². The molecule has 3 rings (SSSR count). The number of aromatic nitrogens is 2. The van der Waals surface area contributed by atoms with Gasteiger partial charge in [0.25, 0.3) is 0 Å². The van der Waals surface area contributed by atoms with Crippen molar-refractivity contribution in [2.75, 3.05) is 12.5 Å². The van der Waals surface area contributed by atoms with Crippen molar-refractivity contribution in [3.63, 3.8) is 0 Å². The van der Waals surface area contributed by atoms with Gasteiger partial charge in [0.05, 0.1) is 5.69 Å². The van der Waals surface area contributed by atoms with Crippen molar-refractivity contribution in [1.29, 1.82) is 0 Å². The lowest BCUT2D eigenvalue weighted by Gasteiger charge is -2.02. The van der Waals surface area contributed by atoms with Gasteiger partial charge in [-0.1, -0.05) is 0 Å². The predicted octanol–water partition coefficient (Wildman–Crippen LogP) is 1.71. The van der Waals surface area contributed by atoms with E-state index in [-0.39, 0.29) is 6.79 Å². The van der Waals surface area contributed by atoms with E-state index in [0.717, 1.165) is 28.5 Å². The van der Waals surface area contributed by atoms with E-state index < -0.39 is 0 Å². The van der Waals surface area contributed by atoms with Crippen LogP contribution in [0.3, 0.4) is 0 Å². The Morgan fingerprint density at radius 1 is 1.29 bits per heavy atom. The first-order valence-electron chi connectivity index (χ1n) is 5.35. The van der Waals surface area contributed by atoms with E-state index >= 15 is 0 Å². The number of nitrogens with zero attached hydrogens (tertiary/aromatic N) is 2. The maximum Gasteiger partial charge on any atom is 0.231 e. The first-order chi connectivity index (χ1) is 8.16. The van der Waals surface area contributed by atoms with Crippen LogP contribution < -0.4 is 15.2 Å². The number of imidazole rings is 1. The van der Waals surface area contributed by atoms with Crippen molar-refractivity contribution >= 4 is 5.95 Å². The normalized spacial score (nSPS) is 13.1. The molecule has 5 heteroatoms. The summed E-state index contributed by atoms with van der Waals surface area (Å²) in [4.78, 5) is 4.35. The molecule has 0 bridgehead atoms. The van der Waals surface area contributed by atoms with Gasteiger partial charge >= 0.3 is 0 Å². The number of nitrogen functional groups attached to an aromatic ring is 1. The molecule has 0 aliphatic carbocycles. The molecule has 17 heavy (non-hydrogen) atoms. The second kappa shape index (κ2) is 3.41. The van der Waals surface area contributed by atoms with E-state index in [1.54, 1.807) is 0 Å². The van der Waals surface area contributed by atoms with Crippen LogP contribution in [0.1, 0.15) is 5.69 Å². The molecular formula is C12H13N3O2. The number of fused-ring (bicyclic) bond motifs is 1. The Morgan fingerprint density at radius 2 is 2.06 bits per heavy atom. The summed E-state index contributed by atoms with van der Waals surface area (Å²) in [5, 5.41) is 0. The Kier molecular flexibility index (Phi) is 2.01. The zero-order chi connectivity index (χ0) is 12.0. The highest BCUT2D eigenvalue weighted by Crippen LogP contribution is 2.36. The molecule has 0 fully saturated rings. The fourth-order valence-corrected chi connectivity index (χ4v) is 1.92. The fourth-order valence-electron chi connectivity index (χ4n) is 1.92. The summed E-state index contributed by atoms with van der Waals surface area (Å²) in [5.41, 5.74) is 8.68. The van der Waals surface area contributed by atoms with Crippen LogP contribution in [-0.2, 0) is 7.05 Å². The quantitative estimate of drug-likeness (QED) is 0.811. The highest BCUT2D eigenvalue weighted by molar-refractivity contribution is 5.67. The van der Waals surface area contributed by atoms with E-state index in [2.05, 4.69) is 4.98 Å². The fraction of sp³-hybridized carbons (Fsp3) is 0.250. The van der Waals surface area contributed by atoms with E-state index in [1.807, 2.05) is 36.7 Å². The van der Waals surface area contributed by atoms with Gasteiger partial charge in [-0.2, -0.15) is 0 Å². The number of hydrogen-bond donors (Lipinski definition) is 1. The van der Waals surface area contributed by atoms with Crippen LogP contribution >= 0.6 is 0 Å². The lowest BCUT2D eigenvalue weighted by Crippen LogP contribution is -1.97. The monoisotopic (exact) mass is 231 g/mol. The molecule has 5 nitrogen and oxygen atoms in total. The Labute approximate surface area is 98.8 Å². The molecule has 0 unspecified atom stereocenters. The molecule has 0 atom stereocenters. The number of ether oxygens (including phenoxy) is 2. The van der Waals surface area contributed by atoms with E-state index in [0.29, 0.717) is 5.95 Å². The summed E-state index contributed by atoms with van der Waals surface area (Å²) in [7, 11) is 1.90. The molecule has 0 radical (unpaired) electrons. The van der Waals surface area contributed by atoms with Crippen LogP contribution in [-0.4, -0.2) is 16.3 Å². The van der Waals surface area contributed by atoms with Gasteiger partial charge in [0.1, 0.15) is 0 Å². The van der Waals surface area contributed by atoms with Gasteiger partial charge in [-0.3, -0.25) is 0 Å². The molecule has 0 amide bonds. The molecule has 1 aliphatic rings. The molecule has 2 N–H and O–H groups in total. The van der Waals surface area contributed by atoms with Crippen LogP contribution in [0.2, 0.25) is 0 Å². The molecule has 1 aromatic heterocycles. The van der Waals surface area contributed by atoms with Crippen molar-refractivity contribution < 1.29 is 9.47 Å². The highest BCUT2D eigenvalue weighted by Gasteiger charge is 2.17. The Balaban J connectivity index is 2.12. The van der Waals surface area contributed by atoms with Gasteiger partial charge in [0.2, 0.25) is 12.7 Å². The second-order valence-corrected chi connectivity index (χ2v) is 4.03. The predicted molar refractivity (Wildman–Crippen MR) is 63.9 cm³/mol. The first-order valence-corrected chi connectivity index (χ1v) is 5.35. The summed E-state index contributed by atoms with van der Waals surface area (Å²) in [6.45, 7) is 2.27. The standard InChI is InChI=1S/C12H13N3O2/c1-7-11(14-12(13)15(7)2)8-3-4-9-10(5-8)17-6-16-9/h3-5H,6H2,1-2H3,(H2,13,14). The van der Waals surface area contributed by atoms with Gasteiger partial charge in [-0.05, 0) is 25.1 Å². The summed E-state index contributed by atoms with van der Waals surface area (Å²) < 4.78 is 12.5. The highest BCUT2D eigenvalue weighted by atomic mass is 16.7. The number of hydrogen-bond acceptors (Lipinski definition) is 4. The molecule has 1 aliphatic heterocycles. The summed E-state index contributed by atoms with van der Waals surface area (Å²) in [5.74, 6) is 2.04. The van der Waals surface area contributed by atoms with Crippen LogP contribution in [0, 0.1) is 6.92 Å². The topological polar surface area (TPSA) is 62.3 Å². The summed E-state index contributed by atoms with van der Waals surface area (Å²) in [6.07, 6.45) is 0. The molecule has 2 aromatic rings. The minimum absolute atomic E-state index is 0.280. The summed E-state index contributed by atoms with van der Waals surface area (Å²) in [6, 6.07) is 5.78. The summed E-state index contributed by atoms with van der Waals surface area (Å²) >= 11 is 0. The maximum absolute atomic E-state index is 5.79. The smallest absolute Gasteiger partial charge is 0.231 e. The SMILES string of the molecule is Cc1c(-c2ccc3c(c2)OCO3)nc(N)n1C. The molecule has 2 heterocycles. The minimum atomic E-state index is 0.280. The third kappa shape index (κ3) is 1.43. The van der Waals surface area contributed by atoms with E-state index in [9.17, 15) is 0 Å². The Morgan fingerprint density at radius 3 is 2.76 bits per heavy atom. The lowest BCUT2D eigenvalue weighted by molar-refractivity contribution is 0.174. The zero-order valence-electron chi connectivity index (χ0n) is 9.73. The third-order valence-electron chi connectivity index (χ3n) is 3.06. The molecule has 0 spiro atoms. The Bertz CT molecular complexity index is 590. The second-order valence-electron chi connectivity index (χ2n) is 4.03. The number of anilines is 1. The third-order valence-corrected chi connectivity index (χ3v) is 3.06. The van der Waals surface area contributed by atoms with Gasteiger partial charge in [-0.15, -0.1) is 0 Å². The van der Waals surface area contributed by atoms with Gasteiger partial charge in [0, 0.05) is 18.3 Å². The van der Waals surface area contributed by atoms with E-state index in [1.165, 1.54) is 0 Å². The molecule has 1 aromatic carbocycles. The van der Waals surface area contributed by atoms with Crippen molar-refractivity contribution in [1.82, 2.24) is 9.55 Å². The van der Waals surface area contributed by atoms with Crippen molar-refractivity contribution in [3.8, 4) is 22.8 Å². The molecular weight excluding hydrogens is 218 g/mol. The Hall–Kier alpha value is -2.17. The van der Waals surface area contributed by atoms with Gasteiger partial charge < -0.3 is 19.8 Å². The number of nitrogens with two attached hydrogens (primary N) is 1. The molecule has 0 saturated heterocycles. The first kappa shape index (κ1) is 10.0. The number of rotatable bonds is 1. The minimum Gasteiger partial charge on any atom is -0.454 e.